The maximum absolute atomic E-state index is 13.8. The molecule has 10 heteroatoms. The summed E-state index contributed by atoms with van der Waals surface area (Å²) in [5.74, 6) is -1.97. The van der Waals surface area contributed by atoms with Gasteiger partial charge in [-0.1, -0.05) is 31.2 Å². The Balaban J connectivity index is 2.23. The maximum atomic E-state index is 13.8. The number of halogens is 4. The molecule has 0 saturated heterocycles. The molecule has 146 valence electrons. The predicted molar refractivity (Wildman–Crippen MR) is 90.9 cm³/mol. The van der Waals surface area contributed by atoms with Gasteiger partial charge in [-0.15, -0.1) is 0 Å². The van der Waals surface area contributed by atoms with Gasteiger partial charge in [0.2, 0.25) is 15.9 Å². The van der Waals surface area contributed by atoms with E-state index in [0.717, 1.165) is 24.3 Å². The molecule has 0 spiro atoms. The van der Waals surface area contributed by atoms with Crippen LogP contribution in [0.1, 0.15) is 12.5 Å². The van der Waals surface area contributed by atoms with Gasteiger partial charge in [-0.3, -0.25) is 4.79 Å². The third-order valence-corrected chi connectivity index (χ3v) is 5.59. The minimum absolute atomic E-state index is 0.176. The normalized spacial score (nSPS) is 12.2. The number of alkyl halides is 3. The van der Waals surface area contributed by atoms with Crippen molar-refractivity contribution in [1.82, 2.24) is 4.31 Å². The van der Waals surface area contributed by atoms with Gasteiger partial charge in [0.15, 0.2) is 0 Å². The predicted octanol–water partition coefficient (Wildman–Crippen LogP) is 3.49. The molecule has 2 aromatic carbocycles. The lowest BCUT2D eigenvalue weighted by Gasteiger charge is -2.21. The zero-order valence-corrected chi connectivity index (χ0v) is 14.9. The molecule has 0 radical (unpaired) electrons. The van der Waals surface area contributed by atoms with Crippen LogP contribution in [0.25, 0.3) is 0 Å². The van der Waals surface area contributed by atoms with E-state index in [9.17, 15) is 30.8 Å². The largest absolute Gasteiger partial charge is 0.418 e. The fourth-order valence-corrected chi connectivity index (χ4v) is 3.82. The van der Waals surface area contributed by atoms with Crippen molar-refractivity contribution < 1.29 is 30.8 Å². The van der Waals surface area contributed by atoms with Crippen LogP contribution >= 0.6 is 0 Å². The average molecular weight is 404 g/mol. The Morgan fingerprint density at radius 1 is 1.07 bits per heavy atom. The van der Waals surface area contributed by atoms with Crippen LogP contribution in [0.15, 0.2) is 53.4 Å². The van der Waals surface area contributed by atoms with Crippen LogP contribution in [-0.2, 0) is 21.0 Å². The van der Waals surface area contributed by atoms with Crippen LogP contribution in [0.3, 0.4) is 0 Å². The fourth-order valence-electron chi connectivity index (χ4n) is 2.35. The molecule has 2 rings (SSSR count). The first kappa shape index (κ1) is 20.8. The minimum atomic E-state index is -4.69. The van der Waals surface area contributed by atoms with E-state index in [1.807, 2.05) is 0 Å². The Bertz CT molecular complexity index is 930. The van der Waals surface area contributed by atoms with E-state index in [1.165, 1.54) is 31.2 Å². The Morgan fingerprint density at radius 2 is 1.67 bits per heavy atom. The van der Waals surface area contributed by atoms with Crippen LogP contribution < -0.4 is 5.32 Å². The molecule has 1 N–H and O–H groups in total. The molecule has 0 aliphatic carbocycles. The Morgan fingerprint density at radius 3 is 2.26 bits per heavy atom. The van der Waals surface area contributed by atoms with Crippen LogP contribution in [0.2, 0.25) is 0 Å². The first-order chi connectivity index (χ1) is 12.6. The van der Waals surface area contributed by atoms with Gasteiger partial charge < -0.3 is 5.32 Å². The van der Waals surface area contributed by atoms with Crippen LogP contribution in [0.4, 0.5) is 23.2 Å². The number of rotatable bonds is 6. The van der Waals surface area contributed by atoms with Crippen molar-refractivity contribution >= 4 is 21.6 Å². The van der Waals surface area contributed by atoms with Crippen LogP contribution in [-0.4, -0.2) is 31.7 Å². The highest BCUT2D eigenvalue weighted by Gasteiger charge is 2.34. The van der Waals surface area contributed by atoms with Crippen LogP contribution in [0.5, 0.6) is 0 Å². The highest BCUT2D eigenvalue weighted by Crippen LogP contribution is 2.34. The van der Waals surface area contributed by atoms with E-state index in [1.54, 1.807) is 0 Å². The van der Waals surface area contributed by atoms with E-state index in [0.29, 0.717) is 4.31 Å². The number of carbonyl (C=O) groups excluding carboxylic acids is 1. The number of hydrogen-bond donors (Lipinski definition) is 1. The van der Waals surface area contributed by atoms with E-state index in [-0.39, 0.29) is 6.54 Å². The summed E-state index contributed by atoms with van der Waals surface area (Å²) in [5, 5.41) is 2.06. The zero-order chi connectivity index (χ0) is 20.2. The van der Waals surface area contributed by atoms with Gasteiger partial charge in [0.1, 0.15) is 10.7 Å². The third kappa shape index (κ3) is 4.83. The van der Waals surface area contributed by atoms with Gasteiger partial charge in [-0.05, 0) is 24.3 Å². The van der Waals surface area contributed by atoms with E-state index in [2.05, 4.69) is 5.32 Å². The Kier molecular flexibility index (Phi) is 6.22. The summed E-state index contributed by atoms with van der Waals surface area (Å²) >= 11 is 0. The monoisotopic (exact) mass is 404 g/mol. The van der Waals surface area contributed by atoms with Crippen molar-refractivity contribution in [2.75, 3.05) is 18.4 Å². The zero-order valence-electron chi connectivity index (χ0n) is 14.1. The number of sulfonamides is 1. The molecule has 0 bridgehead atoms. The molecule has 0 aliphatic heterocycles. The summed E-state index contributed by atoms with van der Waals surface area (Å²) in [4.78, 5) is 11.5. The SMILES string of the molecule is CCN(CC(=O)Nc1ccccc1C(F)(F)F)S(=O)(=O)c1ccccc1F. The number of carbonyl (C=O) groups is 1. The standard InChI is InChI=1S/C17H16F4N2O3S/c1-2-23(27(25,26)15-10-6-4-8-13(15)18)11-16(24)22-14-9-5-3-7-12(14)17(19,20)21/h3-10H,2,11H2,1H3,(H,22,24). The molecular formula is C17H16F4N2O3S. The third-order valence-electron chi connectivity index (χ3n) is 3.63. The summed E-state index contributed by atoms with van der Waals surface area (Å²) in [6.45, 7) is 0.486. The molecule has 0 atom stereocenters. The summed E-state index contributed by atoms with van der Waals surface area (Å²) in [7, 11) is -4.33. The summed E-state index contributed by atoms with van der Waals surface area (Å²) in [6, 6.07) is 8.96. The van der Waals surface area contributed by atoms with Crippen molar-refractivity contribution in [2.24, 2.45) is 0 Å². The van der Waals surface area contributed by atoms with Crippen molar-refractivity contribution in [1.29, 1.82) is 0 Å². The van der Waals surface area contributed by atoms with Crippen molar-refractivity contribution in [3.63, 3.8) is 0 Å². The lowest BCUT2D eigenvalue weighted by molar-refractivity contribution is -0.137. The first-order valence-electron chi connectivity index (χ1n) is 7.78. The number of nitrogens with one attached hydrogen (secondary N) is 1. The molecule has 0 aliphatic rings. The lowest BCUT2D eigenvalue weighted by Crippen LogP contribution is -2.38. The van der Waals surface area contributed by atoms with Gasteiger partial charge in [-0.25, -0.2) is 12.8 Å². The molecule has 0 unspecified atom stereocenters. The quantitative estimate of drug-likeness (QED) is 0.750. The molecule has 2 aromatic rings. The highest BCUT2D eigenvalue weighted by atomic mass is 32.2. The molecule has 0 aromatic heterocycles. The lowest BCUT2D eigenvalue weighted by atomic mass is 10.1. The molecule has 5 nitrogen and oxygen atoms in total. The van der Waals surface area contributed by atoms with Gasteiger partial charge in [0.25, 0.3) is 0 Å². The molecule has 27 heavy (non-hydrogen) atoms. The second-order valence-electron chi connectivity index (χ2n) is 5.45. The minimum Gasteiger partial charge on any atom is -0.324 e. The fraction of sp³-hybridized carbons (Fsp3) is 0.235. The van der Waals surface area contributed by atoms with Crippen molar-refractivity contribution in [3.8, 4) is 0 Å². The Labute approximate surface area is 153 Å². The van der Waals surface area contributed by atoms with Gasteiger partial charge in [-0.2, -0.15) is 17.5 Å². The molecule has 1 amide bonds. The molecular weight excluding hydrogens is 388 g/mol. The number of anilines is 1. The number of nitrogens with zero attached hydrogens (tertiary/aromatic N) is 1. The topological polar surface area (TPSA) is 66.5 Å². The number of benzene rings is 2. The summed E-state index contributed by atoms with van der Waals surface area (Å²) in [5.41, 5.74) is -1.55. The van der Waals surface area contributed by atoms with Crippen LogP contribution in [0, 0.1) is 5.82 Å². The van der Waals surface area contributed by atoms with E-state index < -0.39 is 50.6 Å². The second kappa shape index (κ2) is 8.05. The smallest absolute Gasteiger partial charge is 0.324 e. The van der Waals surface area contributed by atoms with Gasteiger partial charge in [0, 0.05) is 6.54 Å². The number of para-hydroxylation sites is 1. The molecule has 0 fully saturated rings. The van der Waals surface area contributed by atoms with Gasteiger partial charge in [0.05, 0.1) is 17.8 Å². The summed E-state index contributed by atoms with van der Waals surface area (Å²) in [6.07, 6.45) is -4.69. The average Bonchev–Trinajstić information content (AvgIpc) is 2.59. The number of likely N-dealkylation sites (N-methyl/N-ethyl adjacent to an activating group) is 1. The summed E-state index contributed by atoms with van der Waals surface area (Å²) < 4.78 is 78.5. The number of hydrogen-bond acceptors (Lipinski definition) is 3. The number of amides is 1. The first-order valence-corrected chi connectivity index (χ1v) is 9.22. The highest BCUT2D eigenvalue weighted by molar-refractivity contribution is 7.89. The van der Waals surface area contributed by atoms with Gasteiger partial charge >= 0.3 is 6.18 Å². The molecule has 0 saturated carbocycles. The second-order valence-corrected chi connectivity index (χ2v) is 7.36. The van der Waals surface area contributed by atoms with Crippen molar-refractivity contribution in [3.05, 3.63) is 59.9 Å². The van der Waals surface area contributed by atoms with Crippen molar-refractivity contribution in [2.45, 2.75) is 18.0 Å². The van der Waals surface area contributed by atoms with E-state index in [4.69, 9.17) is 0 Å². The maximum Gasteiger partial charge on any atom is 0.418 e. The Hall–Kier alpha value is -2.46. The molecule has 0 heterocycles. The van der Waals surface area contributed by atoms with E-state index >= 15 is 0 Å².